The van der Waals surface area contributed by atoms with Gasteiger partial charge in [-0.2, -0.15) is 0 Å². The molecule has 40 heavy (non-hydrogen) atoms. The van der Waals surface area contributed by atoms with Crippen LogP contribution in [0.1, 0.15) is 11.1 Å². The van der Waals surface area contributed by atoms with Crippen LogP contribution in [-0.2, 0) is 0 Å². The Labute approximate surface area is 230 Å². The first-order chi connectivity index (χ1) is 19.7. The monoisotopic (exact) mass is 518 g/mol. The minimum absolute atomic E-state index is 0.673. The van der Waals surface area contributed by atoms with Gasteiger partial charge in [0.15, 0.2) is 5.65 Å². The van der Waals surface area contributed by atoms with E-state index < -0.39 is 0 Å². The normalized spacial score (nSPS) is 11.2. The predicted molar refractivity (Wildman–Crippen MR) is 163 cm³/mol. The number of aryl methyl sites for hydroxylation is 2. The maximum Gasteiger partial charge on any atom is 0.178 e. The molecule has 0 radical (unpaired) electrons. The third kappa shape index (κ3) is 4.16. The molecule has 0 aliphatic rings. The van der Waals surface area contributed by atoms with Crippen LogP contribution in [0.2, 0.25) is 0 Å². The average molecular weight is 519 g/mol. The van der Waals surface area contributed by atoms with Crippen molar-refractivity contribution in [2.75, 3.05) is 0 Å². The van der Waals surface area contributed by atoms with Gasteiger partial charge < -0.3 is 9.97 Å². The second kappa shape index (κ2) is 9.75. The maximum absolute atomic E-state index is 4.60. The van der Waals surface area contributed by atoms with E-state index in [4.69, 9.17) is 0 Å². The van der Waals surface area contributed by atoms with Crippen molar-refractivity contribution in [3.63, 3.8) is 0 Å². The summed E-state index contributed by atoms with van der Waals surface area (Å²) < 4.78 is 0. The fourth-order valence-electron chi connectivity index (χ4n) is 5.29. The van der Waals surface area contributed by atoms with Gasteiger partial charge in [-0.1, -0.05) is 54.6 Å². The largest absolute Gasteiger partial charge is 0.360 e. The van der Waals surface area contributed by atoms with Crippen LogP contribution >= 0.6 is 0 Å². The molecule has 0 saturated carbocycles. The van der Waals surface area contributed by atoms with E-state index in [0.717, 1.165) is 33.4 Å². The summed E-state index contributed by atoms with van der Waals surface area (Å²) in [5, 5.41) is 3.61. The highest BCUT2D eigenvalue weighted by Gasteiger charge is 2.10. The van der Waals surface area contributed by atoms with Gasteiger partial charge in [-0.3, -0.25) is 9.97 Å². The molecule has 6 heteroatoms. The topological polar surface area (TPSA) is 83.1 Å². The van der Waals surface area contributed by atoms with Gasteiger partial charge in [-0.25, -0.2) is 9.97 Å². The maximum atomic E-state index is 4.60. The molecule has 5 heterocycles. The van der Waals surface area contributed by atoms with E-state index in [1.807, 2.05) is 42.7 Å². The molecule has 0 aliphatic carbocycles. The van der Waals surface area contributed by atoms with Crippen LogP contribution in [0.3, 0.4) is 0 Å². The quantitative estimate of drug-likeness (QED) is 0.242. The molecule has 0 amide bonds. The van der Waals surface area contributed by atoms with Gasteiger partial charge in [0.2, 0.25) is 0 Å². The van der Waals surface area contributed by atoms with E-state index >= 15 is 0 Å². The Balaban J connectivity index is 0.000000132. The summed E-state index contributed by atoms with van der Waals surface area (Å²) in [5.41, 5.74) is 11.7. The standard InChI is InChI=1S/C18H14N2.C16H12N4/c1-12-5-4-7-15-16(11-20-18(12)15)14-9-13-6-2-3-8-17(13)19-10-14;1-10-3-2-4-11-12(9-19-15(10)11)13-5-6-14-16(20-13)18-8-7-17-14/h2-11,20H,1H3;2-9,19H,1H3. The Morgan fingerprint density at radius 2 is 1.30 bits per heavy atom. The van der Waals surface area contributed by atoms with E-state index in [1.54, 1.807) is 12.4 Å². The molecule has 8 aromatic rings. The summed E-state index contributed by atoms with van der Waals surface area (Å²) in [7, 11) is 0. The highest BCUT2D eigenvalue weighted by atomic mass is 14.9. The van der Waals surface area contributed by atoms with Crippen LogP contribution in [0.25, 0.3) is 66.3 Å². The fourth-order valence-corrected chi connectivity index (χ4v) is 5.29. The summed E-state index contributed by atoms with van der Waals surface area (Å²) in [6.07, 6.45) is 9.37. The number of H-pyrrole nitrogens is 2. The molecule has 0 spiro atoms. The van der Waals surface area contributed by atoms with Crippen molar-refractivity contribution < 1.29 is 0 Å². The number of fused-ring (bicyclic) bond motifs is 4. The minimum Gasteiger partial charge on any atom is -0.360 e. The van der Waals surface area contributed by atoms with Crippen molar-refractivity contribution in [3.05, 3.63) is 121 Å². The third-order valence-electron chi connectivity index (χ3n) is 7.36. The van der Waals surface area contributed by atoms with E-state index in [2.05, 4.69) is 98.5 Å². The van der Waals surface area contributed by atoms with Gasteiger partial charge in [0.25, 0.3) is 0 Å². The van der Waals surface area contributed by atoms with Gasteiger partial charge in [0.05, 0.1) is 11.2 Å². The zero-order chi connectivity index (χ0) is 27.1. The van der Waals surface area contributed by atoms with Gasteiger partial charge in [0, 0.05) is 74.9 Å². The Kier molecular flexibility index (Phi) is 5.78. The lowest BCUT2D eigenvalue weighted by atomic mass is 10.0. The first kappa shape index (κ1) is 23.7. The van der Waals surface area contributed by atoms with E-state index in [-0.39, 0.29) is 0 Å². The van der Waals surface area contributed by atoms with Crippen LogP contribution < -0.4 is 0 Å². The smallest absolute Gasteiger partial charge is 0.178 e. The summed E-state index contributed by atoms with van der Waals surface area (Å²) in [4.78, 5) is 24.4. The van der Waals surface area contributed by atoms with Crippen LogP contribution in [0, 0.1) is 13.8 Å². The number of aromatic nitrogens is 6. The van der Waals surface area contributed by atoms with E-state index in [9.17, 15) is 0 Å². The number of hydrogen-bond donors (Lipinski definition) is 2. The molecule has 192 valence electrons. The molecular formula is C34H26N6. The molecule has 0 fully saturated rings. The number of benzene rings is 3. The summed E-state index contributed by atoms with van der Waals surface area (Å²) >= 11 is 0. The van der Waals surface area contributed by atoms with Crippen LogP contribution in [-0.4, -0.2) is 29.9 Å². The SMILES string of the molecule is Cc1cccc2c(-c3ccc4nccnc4n3)c[nH]c12.Cc1cccc2c(-c3cnc4ccccc4c3)c[nH]c12. The van der Waals surface area contributed by atoms with Crippen molar-refractivity contribution in [1.82, 2.24) is 29.9 Å². The first-order valence-corrected chi connectivity index (χ1v) is 13.2. The lowest BCUT2D eigenvalue weighted by Gasteiger charge is -2.02. The molecule has 5 aromatic heterocycles. The predicted octanol–water partition coefficient (Wildman–Crippen LogP) is 8.17. The van der Waals surface area contributed by atoms with E-state index in [1.165, 1.54) is 38.4 Å². The molecule has 0 atom stereocenters. The van der Waals surface area contributed by atoms with Gasteiger partial charge in [-0.05, 0) is 49.2 Å². The Morgan fingerprint density at radius 3 is 2.10 bits per heavy atom. The van der Waals surface area contributed by atoms with Crippen molar-refractivity contribution in [3.8, 4) is 22.4 Å². The first-order valence-electron chi connectivity index (χ1n) is 13.2. The number of aromatic amines is 2. The second-order valence-electron chi connectivity index (χ2n) is 9.91. The molecule has 0 aliphatic heterocycles. The van der Waals surface area contributed by atoms with Crippen LogP contribution in [0.15, 0.2) is 110 Å². The molecule has 0 unspecified atom stereocenters. The van der Waals surface area contributed by atoms with Gasteiger partial charge in [0.1, 0.15) is 5.52 Å². The molecule has 3 aromatic carbocycles. The second-order valence-corrected chi connectivity index (χ2v) is 9.91. The van der Waals surface area contributed by atoms with Crippen LogP contribution in [0.5, 0.6) is 0 Å². The molecule has 2 N–H and O–H groups in total. The summed E-state index contributed by atoms with van der Waals surface area (Å²) in [5.74, 6) is 0. The highest BCUT2D eigenvalue weighted by Crippen LogP contribution is 2.31. The number of nitrogens with zero attached hydrogens (tertiary/aromatic N) is 4. The number of pyridine rings is 2. The number of hydrogen-bond acceptors (Lipinski definition) is 4. The minimum atomic E-state index is 0.673. The molecular weight excluding hydrogens is 492 g/mol. The van der Waals surface area contributed by atoms with Crippen molar-refractivity contribution in [2.24, 2.45) is 0 Å². The van der Waals surface area contributed by atoms with Crippen LogP contribution in [0.4, 0.5) is 0 Å². The van der Waals surface area contributed by atoms with Crippen molar-refractivity contribution >= 4 is 43.9 Å². The van der Waals surface area contributed by atoms with Gasteiger partial charge >= 0.3 is 0 Å². The molecule has 0 bridgehead atoms. The van der Waals surface area contributed by atoms with Gasteiger partial charge in [-0.15, -0.1) is 0 Å². The summed E-state index contributed by atoms with van der Waals surface area (Å²) in [6, 6.07) is 27.0. The fraction of sp³-hybridized carbons (Fsp3) is 0.0588. The number of rotatable bonds is 2. The van der Waals surface area contributed by atoms with Crippen molar-refractivity contribution in [1.29, 1.82) is 0 Å². The lowest BCUT2D eigenvalue weighted by molar-refractivity contribution is 1.23. The van der Waals surface area contributed by atoms with Crippen molar-refractivity contribution in [2.45, 2.75) is 13.8 Å². The molecule has 6 nitrogen and oxygen atoms in total. The molecule has 8 rings (SSSR count). The Hall–Kier alpha value is -5.36. The molecule has 0 saturated heterocycles. The lowest BCUT2D eigenvalue weighted by Crippen LogP contribution is -1.88. The zero-order valence-electron chi connectivity index (χ0n) is 22.2. The number of para-hydroxylation sites is 3. The summed E-state index contributed by atoms with van der Waals surface area (Å²) in [6.45, 7) is 4.23. The average Bonchev–Trinajstić information content (AvgIpc) is 3.64. The Bertz CT molecular complexity index is 2000. The third-order valence-corrected chi connectivity index (χ3v) is 7.36. The Morgan fingerprint density at radius 1 is 0.600 bits per heavy atom. The highest BCUT2D eigenvalue weighted by molar-refractivity contribution is 5.99. The zero-order valence-corrected chi connectivity index (χ0v) is 22.2. The van der Waals surface area contributed by atoms with E-state index in [0.29, 0.717) is 5.65 Å². The number of nitrogens with one attached hydrogen (secondary N) is 2.